The SMILES string of the molecule is COc1cccc(OC)c1C1(O)CCCC(C2CC2)C1. The van der Waals surface area contributed by atoms with Gasteiger partial charge in [-0.1, -0.05) is 6.07 Å². The second-order valence-electron chi connectivity index (χ2n) is 6.26. The second-order valence-corrected chi connectivity index (χ2v) is 6.26. The Labute approximate surface area is 120 Å². The molecule has 1 aromatic rings. The Morgan fingerprint density at radius 3 is 2.25 bits per heavy atom. The Kier molecular flexibility index (Phi) is 3.63. The topological polar surface area (TPSA) is 38.7 Å². The normalized spacial score (nSPS) is 30.1. The smallest absolute Gasteiger partial charge is 0.128 e. The predicted octanol–water partition coefficient (Wildman–Crippen LogP) is 3.49. The molecule has 1 aromatic carbocycles. The number of ether oxygens (including phenoxy) is 2. The molecule has 0 radical (unpaired) electrons. The number of methoxy groups -OCH3 is 2. The first-order chi connectivity index (χ1) is 9.68. The van der Waals surface area contributed by atoms with Crippen molar-refractivity contribution in [3.8, 4) is 11.5 Å². The molecule has 0 spiro atoms. The maximum Gasteiger partial charge on any atom is 0.128 e. The summed E-state index contributed by atoms with van der Waals surface area (Å²) in [5, 5.41) is 11.3. The van der Waals surface area contributed by atoms with Crippen molar-refractivity contribution in [1.29, 1.82) is 0 Å². The van der Waals surface area contributed by atoms with Crippen molar-refractivity contribution in [2.75, 3.05) is 14.2 Å². The van der Waals surface area contributed by atoms with Crippen LogP contribution in [-0.4, -0.2) is 19.3 Å². The van der Waals surface area contributed by atoms with Crippen molar-refractivity contribution in [3.63, 3.8) is 0 Å². The number of aliphatic hydroxyl groups is 1. The molecule has 0 heterocycles. The van der Waals surface area contributed by atoms with E-state index in [2.05, 4.69) is 0 Å². The molecule has 3 heteroatoms. The van der Waals surface area contributed by atoms with E-state index in [0.29, 0.717) is 5.92 Å². The molecule has 0 bridgehead atoms. The van der Waals surface area contributed by atoms with Crippen LogP contribution in [0, 0.1) is 11.8 Å². The molecule has 0 saturated heterocycles. The third kappa shape index (κ3) is 2.39. The molecule has 0 aliphatic heterocycles. The van der Waals surface area contributed by atoms with Crippen molar-refractivity contribution in [1.82, 2.24) is 0 Å². The maximum atomic E-state index is 11.3. The second kappa shape index (κ2) is 5.28. The molecule has 2 aliphatic rings. The number of benzene rings is 1. The quantitative estimate of drug-likeness (QED) is 0.915. The molecule has 0 aromatic heterocycles. The van der Waals surface area contributed by atoms with Gasteiger partial charge in [-0.15, -0.1) is 0 Å². The summed E-state index contributed by atoms with van der Waals surface area (Å²) in [6, 6.07) is 5.73. The van der Waals surface area contributed by atoms with Crippen LogP contribution in [0.3, 0.4) is 0 Å². The molecule has 20 heavy (non-hydrogen) atoms. The molecule has 2 fully saturated rings. The van der Waals surface area contributed by atoms with E-state index < -0.39 is 5.60 Å². The van der Waals surface area contributed by atoms with Crippen molar-refractivity contribution in [2.45, 2.75) is 44.1 Å². The van der Waals surface area contributed by atoms with Gasteiger partial charge in [-0.3, -0.25) is 0 Å². The lowest BCUT2D eigenvalue weighted by atomic mass is 9.72. The highest BCUT2D eigenvalue weighted by atomic mass is 16.5. The van der Waals surface area contributed by atoms with E-state index in [1.165, 1.54) is 19.3 Å². The van der Waals surface area contributed by atoms with Gasteiger partial charge in [-0.2, -0.15) is 0 Å². The first-order valence-electron chi connectivity index (χ1n) is 7.62. The predicted molar refractivity (Wildman–Crippen MR) is 78.1 cm³/mol. The lowest BCUT2D eigenvalue weighted by molar-refractivity contribution is -0.0284. The van der Waals surface area contributed by atoms with Crippen LogP contribution in [0.4, 0.5) is 0 Å². The van der Waals surface area contributed by atoms with Crippen LogP contribution in [-0.2, 0) is 5.60 Å². The molecule has 3 nitrogen and oxygen atoms in total. The van der Waals surface area contributed by atoms with E-state index in [1.54, 1.807) is 14.2 Å². The zero-order valence-corrected chi connectivity index (χ0v) is 12.4. The fourth-order valence-corrected chi connectivity index (χ4v) is 3.80. The third-order valence-electron chi connectivity index (χ3n) is 4.95. The minimum Gasteiger partial charge on any atom is -0.496 e. The van der Waals surface area contributed by atoms with Crippen LogP contribution in [0.1, 0.15) is 44.1 Å². The largest absolute Gasteiger partial charge is 0.496 e. The van der Waals surface area contributed by atoms with Crippen LogP contribution in [0.15, 0.2) is 18.2 Å². The summed E-state index contributed by atoms with van der Waals surface area (Å²) in [6.07, 6.45) is 6.65. The number of rotatable bonds is 4. The molecular weight excluding hydrogens is 252 g/mol. The Morgan fingerprint density at radius 2 is 1.70 bits per heavy atom. The maximum absolute atomic E-state index is 11.3. The standard InChI is InChI=1S/C17H24O3/c1-19-14-6-3-7-15(20-2)16(14)17(18)10-4-5-13(11-17)12-8-9-12/h3,6-7,12-13,18H,4-5,8-11H2,1-2H3. The summed E-state index contributed by atoms with van der Waals surface area (Å²) in [4.78, 5) is 0. The van der Waals surface area contributed by atoms with Gasteiger partial charge in [0.15, 0.2) is 0 Å². The first-order valence-corrected chi connectivity index (χ1v) is 7.62. The minimum atomic E-state index is -0.802. The summed E-state index contributed by atoms with van der Waals surface area (Å²) in [5.41, 5.74) is 0.0408. The Hall–Kier alpha value is -1.22. The monoisotopic (exact) mass is 276 g/mol. The molecular formula is C17H24O3. The molecule has 2 atom stereocenters. The summed E-state index contributed by atoms with van der Waals surface area (Å²) in [5.74, 6) is 2.97. The first kappa shape index (κ1) is 13.7. The van der Waals surface area contributed by atoms with Gasteiger partial charge in [0.05, 0.1) is 25.4 Å². The summed E-state index contributed by atoms with van der Waals surface area (Å²) < 4.78 is 11.0. The van der Waals surface area contributed by atoms with Crippen LogP contribution < -0.4 is 9.47 Å². The lowest BCUT2D eigenvalue weighted by Gasteiger charge is -2.38. The van der Waals surface area contributed by atoms with E-state index in [1.807, 2.05) is 18.2 Å². The van der Waals surface area contributed by atoms with Gasteiger partial charge >= 0.3 is 0 Å². The van der Waals surface area contributed by atoms with Crippen LogP contribution in [0.2, 0.25) is 0 Å². The van der Waals surface area contributed by atoms with E-state index in [-0.39, 0.29) is 0 Å². The molecule has 0 amide bonds. The fourth-order valence-electron chi connectivity index (χ4n) is 3.80. The molecule has 3 rings (SSSR count). The lowest BCUT2D eigenvalue weighted by Crippen LogP contribution is -2.34. The van der Waals surface area contributed by atoms with E-state index in [0.717, 1.165) is 42.2 Å². The summed E-state index contributed by atoms with van der Waals surface area (Å²) >= 11 is 0. The average Bonchev–Trinajstić information content (AvgIpc) is 3.31. The average molecular weight is 276 g/mol. The van der Waals surface area contributed by atoms with Crippen molar-refractivity contribution in [3.05, 3.63) is 23.8 Å². The number of hydrogen-bond donors (Lipinski definition) is 1. The van der Waals surface area contributed by atoms with Gasteiger partial charge in [0.2, 0.25) is 0 Å². The highest BCUT2D eigenvalue weighted by Gasteiger charge is 2.44. The van der Waals surface area contributed by atoms with Crippen molar-refractivity contribution in [2.24, 2.45) is 11.8 Å². The Morgan fingerprint density at radius 1 is 1.05 bits per heavy atom. The zero-order chi connectivity index (χ0) is 14.2. The zero-order valence-electron chi connectivity index (χ0n) is 12.4. The van der Waals surface area contributed by atoms with Crippen LogP contribution in [0.25, 0.3) is 0 Å². The van der Waals surface area contributed by atoms with E-state index in [4.69, 9.17) is 9.47 Å². The Bertz CT molecular complexity index is 459. The minimum absolute atomic E-state index is 0.656. The van der Waals surface area contributed by atoms with Gasteiger partial charge < -0.3 is 14.6 Å². The van der Waals surface area contributed by atoms with Gasteiger partial charge in [0.1, 0.15) is 11.5 Å². The van der Waals surface area contributed by atoms with Gasteiger partial charge in [-0.05, 0) is 62.5 Å². The molecule has 1 N–H and O–H groups in total. The fraction of sp³-hybridized carbons (Fsp3) is 0.647. The van der Waals surface area contributed by atoms with Crippen molar-refractivity contribution >= 4 is 0 Å². The van der Waals surface area contributed by atoms with Crippen molar-refractivity contribution < 1.29 is 14.6 Å². The summed E-state index contributed by atoms with van der Waals surface area (Å²) in [6.45, 7) is 0. The highest BCUT2D eigenvalue weighted by Crippen LogP contribution is 2.52. The van der Waals surface area contributed by atoms with Crippen LogP contribution in [0.5, 0.6) is 11.5 Å². The molecule has 2 saturated carbocycles. The van der Waals surface area contributed by atoms with Gasteiger partial charge in [-0.25, -0.2) is 0 Å². The Balaban J connectivity index is 1.96. The molecule has 2 unspecified atom stereocenters. The highest BCUT2D eigenvalue weighted by molar-refractivity contribution is 5.49. The van der Waals surface area contributed by atoms with Gasteiger partial charge in [0.25, 0.3) is 0 Å². The van der Waals surface area contributed by atoms with E-state index >= 15 is 0 Å². The van der Waals surface area contributed by atoms with Gasteiger partial charge in [0, 0.05) is 0 Å². The molecule has 2 aliphatic carbocycles. The third-order valence-corrected chi connectivity index (χ3v) is 4.95. The van der Waals surface area contributed by atoms with E-state index in [9.17, 15) is 5.11 Å². The molecule has 110 valence electrons. The summed E-state index contributed by atoms with van der Waals surface area (Å²) in [7, 11) is 3.31. The number of hydrogen-bond acceptors (Lipinski definition) is 3. The van der Waals surface area contributed by atoms with Crippen LogP contribution >= 0.6 is 0 Å².